The van der Waals surface area contributed by atoms with Gasteiger partial charge in [0, 0.05) is 36.8 Å². The highest BCUT2D eigenvalue weighted by Gasteiger charge is 2.31. The zero-order valence-electron chi connectivity index (χ0n) is 20.7. The molecule has 34 heavy (non-hydrogen) atoms. The van der Waals surface area contributed by atoms with Gasteiger partial charge in [-0.2, -0.15) is 9.61 Å². The fourth-order valence-electron chi connectivity index (χ4n) is 4.79. The van der Waals surface area contributed by atoms with Gasteiger partial charge in [-0.3, -0.25) is 19.0 Å². The van der Waals surface area contributed by atoms with E-state index in [1.54, 1.807) is 17.6 Å². The van der Waals surface area contributed by atoms with E-state index in [0.717, 1.165) is 32.2 Å². The maximum Gasteiger partial charge on any atom is 0.291 e. The van der Waals surface area contributed by atoms with Crippen molar-refractivity contribution in [3.8, 4) is 5.88 Å². The van der Waals surface area contributed by atoms with Crippen LogP contribution in [-0.4, -0.2) is 54.6 Å². The van der Waals surface area contributed by atoms with Gasteiger partial charge < -0.3 is 15.3 Å². The summed E-state index contributed by atoms with van der Waals surface area (Å²) in [6.45, 7) is 11.1. The van der Waals surface area contributed by atoms with Crippen LogP contribution in [0.2, 0.25) is 0 Å². The Morgan fingerprint density at radius 3 is 2.53 bits per heavy atom. The fourth-order valence-corrected chi connectivity index (χ4v) is 4.79. The van der Waals surface area contributed by atoms with Gasteiger partial charge in [-0.1, -0.05) is 27.7 Å². The quantitative estimate of drug-likeness (QED) is 0.606. The molecule has 3 heterocycles. The summed E-state index contributed by atoms with van der Waals surface area (Å²) >= 11 is 0. The topological polar surface area (TPSA) is 109 Å². The van der Waals surface area contributed by atoms with E-state index in [9.17, 15) is 19.5 Å². The molecular formula is C25H35N5O4. The van der Waals surface area contributed by atoms with E-state index in [-0.39, 0.29) is 35.4 Å². The molecule has 2 aromatic heterocycles. The Morgan fingerprint density at radius 1 is 1.21 bits per heavy atom. The lowest BCUT2D eigenvalue weighted by molar-refractivity contribution is -0.127. The van der Waals surface area contributed by atoms with Crippen molar-refractivity contribution in [2.75, 3.05) is 6.54 Å². The number of aromatic hydroxyl groups is 1. The number of carbonyl (C=O) groups is 2. The van der Waals surface area contributed by atoms with Crippen LogP contribution in [0, 0.1) is 18.8 Å². The summed E-state index contributed by atoms with van der Waals surface area (Å²) < 4.78 is 2.74. The molecule has 9 nitrogen and oxygen atoms in total. The van der Waals surface area contributed by atoms with Crippen molar-refractivity contribution in [1.82, 2.24) is 24.4 Å². The first-order chi connectivity index (χ1) is 16.1. The van der Waals surface area contributed by atoms with Crippen molar-refractivity contribution >= 4 is 23.5 Å². The van der Waals surface area contributed by atoms with E-state index in [0.29, 0.717) is 29.4 Å². The molecule has 2 amide bonds. The van der Waals surface area contributed by atoms with Gasteiger partial charge in [-0.05, 0) is 50.5 Å². The summed E-state index contributed by atoms with van der Waals surface area (Å²) in [5, 5.41) is 18.2. The van der Waals surface area contributed by atoms with Gasteiger partial charge in [-0.15, -0.1) is 0 Å². The third-order valence-corrected chi connectivity index (χ3v) is 6.65. The molecule has 2 aromatic rings. The number of likely N-dealkylation sites (tertiary alicyclic amines) is 1. The van der Waals surface area contributed by atoms with E-state index in [4.69, 9.17) is 0 Å². The number of amides is 2. The van der Waals surface area contributed by atoms with Gasteiger partial charge in [0.15, 0.2) is 5.56 Å². The second-order valence-corrected chi connectivity index (χ2v) is 10.3. The largest absolute Gasteiger partial charge is 0.494 e. The molecule has 1 atom stereocenters. The van der Waals surface area contributed by atoms with Crippen LogP contribution in [0.3, 0.4) is 0 Å². The van der Waals surface area contributed by atoms with Crippen LogP contribution in [0.5, 0.6) is 5.88 Å². The zero-order chi connectivity index (χ0) is 24.7. The molecule has 0 bridgehead atoms. The van der Waals surface area contributed by atoms with Crippen LogP contribution < -0.4 is 10.9 Å². The molecule has 2 fully saturated rings. The predicted octanol–water partition coefficient (Wildman–Crippen LogP) is 2.72. The van der Waals surface area contributed by atoms with Crippen molar-refractivity contribution < 1.29 is 14.7 Å². The second-order valence-electron chi connectivity index (χ2n) is 10.3. The number of fused-ring (bicyclic) bond motifs is 1. The first kappa shape index (κ1) is 24.0. The maximum absolute atomic E-state index is 13.2. The molecule has 4 rings (SSSR count). The van der Waals surface area contributed by atoms with Crippen LogP contribution in [0.25, 0.3) is 11.7 Å². The molecule has 0 aromatic carbocycles. The Balaban J connectivity index is 1.79. The Hall–Kier alpha value is -3.10. The minimum absolute atomic E-state index is 0.0460. The van der Waals surface area contributed by atoms with Crippen molar-refractivity contribution in [1.29, 1.82) is 0 Å². The van der Waals surface area contributed by atoms with Gasteiger partial charge >= 0.3 is 0 Å². The number of nitrogens with one attached hydrogen (secondary N) is 1. The summed E-state index contributed by atoms with van der Waals surface area (Å²) in [6.07, 6.45) is 6.93. The summed E-state index contributed by atoms with van der Waals surface area (Å²) in [5.41, 5.74) is 0.531. The average Bonchev–Trinajstić information content (AvgIpc) is 3.31. The first-order valence-electron chi connectivity index (χ1n) is 12.2. The first-order valence-corrected chi connectivity index (χ1v) is 12.2. The standard InChI is InChI=1S/C25H35N5O4/c1-14(2)13-29-23-18(10-11-20(31)28-12-6-7-19(28)15(3)4)16(5)27-30(23)25(34)21(24(29)33)22(32)26-17-8-9-17/h10-11,14-15,17,19,33H,6-9,12-13H2,1-5H3,(H,26,32)/b11-10+/t19-/m0/s1. The predicted molar refractivity (Wildman–Crippen MR) is 130 cm³/mol. The molecule has 0 spiro atoms. The fraction of sp³-hybridized carbons (Fsp3) is 0.600. The number of rotatable bonds is 7. The highest BCUT2D eigenvalue weighted by Crippen LogP contribution is 2.27. The molecule has 2 aliphatic rings. The highest BCUT2D eigenvalue weighted by atomic mass is 16.3. The number of nitrogens with zero attached hydrogens (tertiary/aromatic N) is 4. The van der Waals surface area contributed by atoms with Crippen LogP contribution in [-0.2, 0) is 11.3 Å². The SMILES string of the molecule is Cc1nn2c(=O)c(C(=O)NC3CC3)c(O)n(CC(C)C)c2c1/C=C/C(=O)N1CCC[C@H]1C(C)C. The van der Waals surface area contributed by atoms with E-state index in [1.807, 2.05) is 18.7 Å². The summed E-state index contributed by atoms with van der Waals surface area (Å²) in [5.74, 6) is -0.519. The smallest absolute Gasteiger partial charge is 0.291 e. The lowest BCUT2D eigenvalue weighted by Crippen LogP contribution is -2.37. The summed E-state index contributed by atoms with van der Waals surface area (Å²) in [4.78, 5) is 40.9. The van der Waals surface area contributed by atoms with Crippen LogP contribution >= 0.6 is 0 Å². The molecular weight excluding hydrogens is 434 g/mol. The maximum atomic E-state index is 13.2. The molecule has 0 radical (unpaired) electrons. The van der Waals surface area contributed by atoms with Crippen molar-refractivity contribution in [2.45, 2.75) is 78.9 Å². The summed E-state index contributed by atoms with van der Waals surface area (Å²) in [7, 11) is 0. The minimum Gasteiger partial charge on any atom is -0.494 e. The molecule has 184 valence electrons. The number of carbonyl (C=O) groups excluding carboxylic acids is 2. The van der Waals surface area contributed by atoms with Crippen molar-refractivity contribution in [2.24, 2.45) is 11.8 Å². The molecule has 2 N–H and O–H groups in total. The van der Waals surface area contributed by atoms with Crippen molar-refractivity contribution in [3.05, 3.63) is 33.3 Å². The summed E-state index contributed by atoms with van der Waals surface area (Å²) in [6, 6.07) is 0.266. The number of aryl methyl sites for hydroxylation is 1. The third-order valence-electron chi connectivity index (χ3n) is 6.65. The normalized spacial score (nSPS) is 18.7. The number of hydrogen-bond acceptors (Lipinski definition) is 5. The van der Waals surface area contributed by atoms with Gasteiger partial charge in [0.05, 0.1) is 5.69 Å². The van der Waals surface area contributed by atoms with Crippen LogP contribution in [0.15, 0.2) is 10.9 Å². The van der Waals surface area contributed by atoms with Crippen LogP contribution in [0.4, 0.5) is 0 Å². The second kappa shape index (κ2) is 9.27. The van der Waals surface area contributed by atoms with Crippen LogP contribution in [0.1, 0.15) is 75.0 Å². The Morgan fingerprint density at radius 2 is 1.91 bits per heavy atom. The van der Waals surface area contributed by atoms with Gasteiger partial charge in [0.2, 0.25) is 11.8 Å². The molecule has 1 aliphatic heterocycles. The molecule has 9 heteroatoms. The minimum atomic E-state index is -0.667. The number of aromatic nitrogens is 3. The van der Waals surface area contributed by atoms with Crippen molar-refractivity contribution in [3.63, 3.8) is 0 Å². The van der Waals surface area contributed by atoms with E-state index < -0.39 is 11.5 Å². The number of hydrogen-bond donors (Lipinski definition) is 2. The molecule has 1 aliphatic carbocycles. The third kappa shape index (κ3) is 4.48. The Bertz CT molecular complexity index is 1200. The zero-order valence-corrected chi connectivity index (χ0v) is 20.7. The van der Waals surface area contributed by atoms with Gasteiger partial charge in [-0.25, -0.2) is 0 Å². The molecule has 1 saturated heterocycles. The van der Waals surface area contributed by atoms with E-state index >= 15 is 0 Å². The Kier molecular flexibility index (Phi) is 6.55. The van der Waals surface area contributed by atoms with E-state index in [2.05, 4.69) is 24.3 Å². The average molecular weight is 470 g/mol. The lowest BCUT2D eigenvalue weighted by atomic mass is 10.0. The van der Waals surface area contributed by atoms with E-state index in [1.165, 1.54) is 10.6 Å². The highest BCUT2D eigenvalue weighted by molar-refractivity contribution is 5.97. The van der Waals surface area contributed by atoms with Gasteiger partial charge in [0.1, 0.15) is 5.65 Å². The molecule has 0 unspecified atom stereocenters. The monoisotopic (exact) mass is 469 g/mol. The molecule has 1 saturated carbocycles. The van der Waals surface area contributed by atoms with Gasteiger partial charge in [0.25, 0.3) is 11.5 Å². The lowest BCUT2D eigenvalue weighted by Gasteiger charge is -2.26. The Labute approximate surface area is 199 Å².